The number of amides is 2. The molecular formula is C4H7FN2O3. The summed E-state index contributed by atoms with van der Waals surface area (Å²) in [6.07, 6.45) is -4.56. The summed E-state index contributed by atoms with van der Waals surface area (Å²) in [4.78, 5) is 19.9. The number of hydrogen-bond acceptors (Lipinski definition) is 3. The Labute approximate surface area is 55.8 Å². The Morgan fingerprint density at radius 1 is 1.30 bits per heavy atom. The van der Waals surface area contributed by atoms with Crippen molar-refractivity contribution in [2.45, 2.75) is 12.3 Å². The second kappa shape index (κ2) is 3.11. The summed E-state index contributed by atoms with van der Waals surface area (Å²) < 4.78 is 12.1. The van der Waals surface area contributed by atoms with Crippen LogP contribution in [0.15, 0.2) is 0 Å². The van der Waals surface area contributed by atoms with Crippen LogP contribution in [0.4, 0.5) is 4.39 Å². The molecule has 2 amide bonds. The summed E-state index contributed by atoms with van der Waals surface area (Å²) in [7, 11) is 0. The van der Waals surface area contributed by atoms with Crippen LogP contribution in [0, 0.1) is 0 Å². The van der Waals surface area contributed by atoms with Gasteiger partial charge in [0.05, 0.1) is 0 Å². The van der Waals surface area contributed by atoms with Crippen molar-refractivity contribution in [2.75, 3.05) is 0 Å². The quantitative estimate of drug-likeness (QED) is 0.419. The summed E-state index contributed by atoms with van der Waals surface area (Å²) >= 11 is 0. The van der Waals surface area contributed by atoms with Crippen LogP contribution in [0.5, 0.6) is 0 Å². The number of aliphatic hydroxyl groups is 1. The van der Waals surface area contributed by atoms with E-state index in [0.717, 1.165) is 0 Å². The number of nitrogens with two attached hydrogens (primary N) is 2. The average molecular weight is 150 g/mol. The first-order chi connectivity index (χ1) is 4.46. The highest BCUT2D eigenvalue weighted by Crippen LogP contribution is 1.96. The van der Waals surface area contributed by atoms with Gasteiger partial charge in [0.25, 0.3) is 5.91 Å². The van der Waals surface area contributed by atoms with E-state index in [9.17, 15) is 14.0 Å². The van der Waals surface area contributed by atoms with E-state index in [1.54, 1.807) is 0 Å². The predicted molar refractivity (Wildman–Crippen MR) is 29.3 cm³/mol. The third-order valence-corrected chi connectivity index (χ3v) is 0.841. The highest BCUT2D eigenvalue weighted by atomic mass is 19.1. The maximum atomic E-state index is 12.1. The Bertz CT molecular complexity index is 143. The lowest BCUT2D eigenvalue weighted by atomic mass is 10.2. The molecule has 0 saturated carbocycles. The van der Waals surface area contributed by atoms with Crippen molar-refractivity contribution in [2.24, 2.45) is 11.5 Å². The zero-order valence-electron chi connectivity index (χ0n) is 4.95. The van der Waals surface area contributed by atoms with Crippen molar-refractivity contribution >= 4 is 11.8 Å². The summed E-state index contributed by atoms with van der Waals surface area (Å²) in [5.41, 5.74) is 8.83. The molecule has 0 bridgehead atoms. The molecular weight excluding hydrogens is 143 g/mol. The summed E-state index contributed by atoms with van der Waals surface area (Å²) in [5.74, 6) is -2.72. The summed E-state index contributed by atoms with van der Waals surface area (Å²) in [6.45, 7) is 0. The molecule has 0 fully saturated rings. The maximum absolute atomic E-state index is 12.1. The van der Waals surface area contributed by atoms with Gasteiger partial charge in [0.1, 0.15) is 0 Å². The van der Waals surface area contributed by atoms with E-state index in [-0.39, 0.29) is 0 Å². The van der Waals surface area contributed by atoms with E-state index in [2.05, 4.69) is 11.5 Å². The minimum absolute atomic E-state index is 1.31. The fourth-order valence-electron chi connectivity index (χ4n) is 0.300. The van der Waals surface area contributed by atoms with Gasteiger partial charge in [-0.2, -0.15) is 0 Å². The molecule has 0 aromatic carbocycles. The first-order valence-electron chi connectivity index (χ1n) is 2.37. The van der Waals surface area contributed by atoms with Gasteiger partial charge in [-0.25, -0.2) is 4.39 Å². The molecule has 0 aromatic heterocycles. The fraction of sp³-hybridized carbons (Fsp3) is 0.500. The molecule has 0 heterocycles. The van der Waals surface area contributed by atoms with Crippen molar-refractivity contribution in [1.29, 1.82) is 0 Å². The van der Waals surface area contributed by atoms with Crippen LogP contribution in [0.25, 0.3) is 0 Å². The van der Waals surface area contributed by atoms with E-state index in [0.29, 0.717) is 0 Å². The third-order valence-electron chi connectivity index (χ3n) is 0.841. The van der Waals surface area contributed by atoms with Crippen LogP contribution in [0.3, 0.4) is 0 Å². The molecule has 58 valence electrons. The van der Waals surface area contributed by atoms with E-state index >= 15 is 0 Å². The number of carbonyl (C=O) groups is 2. The molecule has 2 unspecified atom stereocenters. The molecule has 5 nitrogen and oxygen atoms in total. The van der Waals surface area contributed by atoms with Crippen LogP contribution < -0.4 is 11.5 Å². The molecule has 0 spiro atoms. The topological polar surface area (TPSA) is 106 Å². The lowest BCUT2D eigenvalue weighted by Gasteiger charge is -2.07. The lowest BCUT2D eigenvalue weighted by Crippen LogP contribution is -2.43. The molecule has 0 saturated heterocycles. The molecule has 0 radical (unpaired) electrons. The number of primary amides is 2. The fourth-order valence-corrected chi connectivity index (χ4v) is 0.300. The molecule has 0 aliphatic rings. The molecule has 0 aliphatic carbocycles. The Hall–Kier alpha value is -1.17. The van der Waals surface area contributed by atoms with Gasteiger partial charge in [0, 0.05) is 0 Å². The second-order valence-corrected chi connectivity index (χ2v) is 1.65. The number of aliphatic hydroxyl groups excluding tert-OH is 1. The Kier molecular flexibility index (Phi) is 2.75. The normalized spacial score (nSPS) is 15.8. The predicted octanol–water partition coefficient (Wildman–Crippen LogP) is -2.34. The van der Waals surface area contributed by atoms with Crippen molar-refractivity contribution in [3.05, 3.63) is 0 Å². The van der Waals surface area contributed by atoms with Gasteiger partial charge in [-0.3, -0.25) is 9.59 Å². The monoisotopic (exact) mass is 150 g/mol. The van der Waals surface area contributed by atoms with Crippen molar-refractivity contribution in [3.63, 3.8) is 0 Å². The number of halogens is 1. The van der Waals surface area contributed by atoms with Crippen molar-refractivity contribution in [3.8, 4) is 0 Å². The van der Waals surface area contributed by atoms with Crippen molar-refractivity contribution < 1.29 is 19.1 Å². The Balaban J connectivity index is 4.07. The second-order valence-electron chi connectivity index (χ2n) is 1.65. The number of alkyl halides is 1. The first kappa shape index (κ1) is 8.83. The van der Waals surface area contributed by atoms with Gasteiger partial charge >= 0.3 is 0 Å². The minimum Gasteiger partial charge on any atom is -0.380 e. The van der Waals surface area contributed by atoms with Gasteiger partial charge in [0.15, 0.2) is 6.10 Å². The van der Waals surface area contributed by atoms with Gasteiger partial charge < -0.3 is 16.6 Å². The van der Waals surface area contributed by atoms with Crippen molar-refractivity contribution in [1.82, 2.24) is 0 Å². The van der Waals surface area contributed by atoms with Crippen LogP contribution >= 0.6 is 0 Å². The highest BCUT2D eigenvalue weighted by molar-refractivity contribution is 5.89. The maximum Gasteiger partial charge on any atom is 0.255 e. The van der Waals surface area contributed by atoms with Crippen LogP contribution in [-0.2, 0) is 9.59 Å². The molecule has 0 rings (SSSR count). The first-order valence-corrected chi connectivity index (χ1v) is 2.37. The molecule has 0 aromatic rings. The molecule has 0 aliphatic heterocycles. The number of rotatable bonds is 3. The molecule has 6 heteroatoms. The largest absolute Gasteiger partial charge is 0.380 e. The van der Waals surface area contributed by atoms with Crippen LogP contribution in [-0.4, -0.2) is 29.2 Å². The van der Waals surface area contributed by atoms with Gasteiger partial charge in [-0.05, 0) is 0 Å². The third kappa shape index (κ3) is 1.98. The van der Waals surface area contributed by atoms with Gasteiger partial charge in [-0.1, -0.05) is 0 Å². The minimum atomic E-state index is -2.42. The standard InChI is InChI=1S/C4H7FN2O3/c5-1(3(6)9)2(8)4(7)10/h1-2,8H,(H2,6,9)(H2,7,10). The SMILES string of the molecule is NC(=O)C(O)C(F)C(N)=O. The summed E-state index contributed by atoms with van der Waals surface area (Å²) in [6, 6.07) is 0. The number of hydrogen-bond donors (Lipinski definition) is 3. The smallest absolute Gasteiger partial charge is 0.255 e. The average Bonchev–Trinajstić information content (AvgIpc) is 1.84. The van der Waals surface area contributed by atoms with E-state index in [4.69, 9.17) is 5.11 Å². The van der Waals surface area contributed by atoms with Gasteiger partial charge in [-0.15, -0.1) is 0 Å². The Morgan fingerprint density at radius 2 is 1.70 bits per heavy atom. The molecule has 10 heavy (non-hydrogen) atoms. The molecule has 2 atom stereocenters. The zero-order valence-corrected chi connectivity index (χ0v) is 4.95. The highest BCUT2D eigenvalue weighted by Gasteiger charge is 2.28. The van der Waals surface area contributed by atoms with E-state index in [1.165, 1.54) is 0 Å². The lowest BCUT2D eigenvalue weighted by molar-refractivity contribution is -0.137. The van der Waals surface area contributed by atoms with E-state index in [1.807, 2.05) is 0 Å². The van der Waals surface area contributed by atoms with Crippen LogP contribution in [0.1, 0.15) is 0 Å². The Morgan fingerprint density at radius 3 is 1.80 bits per heavy atom. The van der Waals surface area contributed by atoms with Gasteiger partial charge in [0.2, 0.25) is 12.1 Å². The zero-order chi connectivity index (χ0) is 8.31. The molecule has 5 N–H and O–H groups in total. The summed E-state index contributed by atoms with van der Waals surface area (Å²) in [5, 5.41) is 8.42. The van der Waals surface area contributed by atoms with E-state index < -0.39 is 24.1 Å². The number of carbonyl (C=O) groups excluding carboxylic acids is 2. The van der Waals surface area contributed by atoms with Crippen LogP contribution in [0.2, 0.25) is 0 Å².